The molecule has 0 amide bonds. The maximum absolute atomic E-state index is 12.2. The maximum Gasteiger partial charge on any atom is 0.573 e. The summed E-state index contributed by atoms with van der Waals surface area (Å²) >= 11 is 0. The highest BCUT2D eigenvalue weighted by atomic mass is 32.2. The van der Waals surface area contributed by atoms with E-state index in [4.69, 9.17) is 5.11 Å². The van der Waals surface area contributed by atoms with Gasteiger partial charge in [-0.25, -0.2) is 13.2 Å². The van der Waals surface area contributed by atoms with Crippen molar-refractivity contribution in [3.8, 4) is 11.5 Å². The van der Waals surface area contributed by atoms with Gasteiger partial charge in [0.05, 0.1) is 10.6 Å². The Morgan fingerprint density at radius 3 is 2.36 bits per heavy atom. The van der Waals surface area contributed by atoms with Crippen LogP contribution in [0.2, 0.25) is 0 Å². The number of halogens is 3. The van der Waals surface area contributed by atoms with Crippen LogP contribution in [0.5, 0.6) is 11.5 Å². The zero-order valence-corrected chi connectivity index (χ0v) is 12.9. The van der Waals surface area contributed by atoms with Gasteiger partial charge in [-0.1, -0.05) is 6.07 Å². The summed E-state index contributed by atoms with van der Waals surface area (Å²) in [6.07, 6.45) is -4.98. The van der Waals surface area contributed by atoms with Crippen LogP contribution in [-0.4, -0.2) is 31.0 Å². The second-order valence-corrected chi connectivity index (χ2v) is 6.35. The fourth-order valence-electron chi connectivity index (χ4n) is 1.83. The Labute approximate surface area is 139 Å². The van der Waals surface area contributed by atoms with Crippen LogP contribution in [0.15, 0.2) is 47.4 Å². The predicted molar refractivity (Wildman–Crippen MR) is 79.0 cm³/mol. The van der Waals surface area contributed by atoms with E-state index in [1.807, 2.05) is 4.72 Å². The number of carboxylic acids is 1. The molecule has 0 bridgehead atoms. The zero-order valence-electron chi connectivity index (χ0n) is 12.1. The second-order valence-electron chi connectivity index (χ2n) is 4.67. The van der Waals surface area contributed by atoms with Crippen molar-refractivity contribution < 1.29 is 41.3 Å². The fourth-order valence-corrected chi connectivity index (χ4v) is 2.91. The van der Waals surface area contributed by atoms with Crippen molar-refractivity contribution in [3.05, 3.63) is 48.0 Å². The van der Waals surface area contributed by atoms with E-state index < -0.39 is 44.3 Å². The lowest BCUT2D eigenvalue weighted by Gasteiger charge is -2.12. The topological polar surface area (TPSA) is 113 Å². The number of carbonyl (C=O) groups is 1. The molecular weight excluding hydrogens is 367 g/mol. The molecule has 0 aliphatic rings. The average Bonchev–Trinajstić information content (AvgIpc) is 2.45. The molecule has 0 unspecified atom stereocenters. The number of hydrogen-bond acceptors (Lipinski definition) is 5. The molecule has 0 aliphatic carbocycles. The standard InChI is InChI=1S/C14H10F3NO6S/c15-14(16,17)24-9-2-1-3-10(7-9)25(22,23)18-8-4-5-11(13(20)21)12(19)6-8/h1-7,18-19H,(H,20,21). The van der Waals surface area contributed by atoms with Gasteiger partial charge in [-0.05, 0) is 24.3 Å². The van der Waals surface area contributed by atoms with E-state index in [1.54, 1.807) is 0 Å². The third-order valence-corrected chi connectivity index (χ3v) is 4.21. The number of hydrogen-bond donors (Lipinski definition) is 3. The number of nitrogens with one attached hydrogen (secondary N) is 1. The van der Waals surface area contributed by atoms with Crippen LogP contribution in [-0.2, 0) is 10.0 Å². The van der Waals surface area contributed by atoms with Gasteiger partial charge in [0.15, 0.2) is 0 Å². The molecule has 0 atom stereocenters. The van der Waals surface area contributed by atoms with Gasteiger partial charge in [0, 0.05) is 12.1 Å². The Bertz CT molecular complexity index is 911. The zero-order chi connectivity index (χ0) is 18.8. The molecule has 11 heteroatoms. The van der Waals surface area contributed by atoms with Gasteiger partial charge < -0.3 is 14.9 Å². The minimum absolute atomic E-state index is 0.176. The lowest BCUT2D eigenvalue weighted by atomic mass is 10.2. The van der Waals surface area contributed by atoms with Crippen LogP contribution >= 0.6 is 0 Å². The maximum atomic E-state index is 12.2. The average molecular weight is 377 g/mol. The number of phenols is 1. The highest BCUT2D eigenvalue weighted by Gasteiger charge is 2.31. The number of anilines is 1. The van der Waals surface area contributed by atoms with Crippen molar-refractivity contribution in [2.45, 2.75) is 11.3 Å². The number of aromatic carboxylic acids is 1. The Morgan fingerprint density at radius 2 is 1.80 bits per heavy atom. The molecule has 0 saturated heterocycles. The van der Waals surface area contributed by atoms with Crippen molar-refractivity contribution in [1.29, 1.82) is 0 Å². The van der Waals surface area contributed by atoms with Crippen molar-refractivity contribution in [2.75, 3.05) is 4.72 Å². The van der Waals surface area contributed by atoms with E-state index >= 15 is 0 Å². The van der Waals surface area contributed by atoms with E-state index in [0.717, 1.165) is 36.4 Å². The predicted octanol–water partition coefficient (Wildman–Crippen LogP) is 2.79. The van der Waals surface area contributed by atoms with E-state index in [1.165, 1.54) is 0 Å². The minimum atomic E-state index is -4.98. The van der Waals surface area contributed by atoms with Crippen molar-refractivity contribution in [1.82, 2.24) is 0 Å². The first-order chi connectivity index (χ1) is 11.5. The molecule has 0 radical (unpaired) electrons. The lowest BCUT2D eigenvalue weighted by Crippen LogP contribution is -2.18. The molecule has 0 aliphatic heterocycles. The van der Waals surface area contributed by atoms with Gasteiger partial charge in [-0.2, -0.15) is 0 Å². The summed E-state index contributed by atoms with van der Waals surface area (Å²) in [6.45, 7) is 0. The molecule has 25 heavy (non-hydrogen) atoms. The van der Waals surface area contributed by atoms with Crippen molar-refractivity contribution >= 4 is 21.7 Å². The van der Waals surface area contributed by atoms with Gasteiger partial charge in [0.2, 0.25) is 0 Å². The third kappa shape index (κ3) is 4.76. The molecule has 134 valence electrons. The van der Waals surface area contributed by atoms with E-state index in [0.29, 0.717) is 6.07 Å². The summed E-state index contributed by atoms with van der Waals surface area (Å²) in [6, 6.07) is 6.60. The van der Waals surface area contributed by atoms with Gasteiger partial charge >= 0.3 is 12.3 Å². The van der Waals surface area contributed by atoms with Gasteiger partial charge in [-0.15, -0.1) is 13.2 Å². The number of ether oxygens (including phenoxy) is 1. The van der Waals surface area contributed by atoms with E-state index in [2.05, 4.69) is 4.74 Å². The highest BCUT2D eigenvalue weighted by Crippen LogP contribution is 2.27. The molecule has 0 aromatic heterocycles. The van der Waals surface area contributed by atoms with Crippen LogP contribution < -0.4 is 9.46 Å². The van der Waals surface area contributed by atoms with Gasteiger partial charge in [-0.3, -0.25) is 4.72 Å². The molecular formula is C14H10F3NO6S. The van der Waals surface area contributed by atoms with Crippen LogP contribution in [0.1, 0.15) is 10.4 Å². The Morgan fingerprint density at radius 1 is 1.12 bits per heavy atom. The molecule has 0 saturated carbocycles. The minimum Gasteiger partial charge on any atom is -0.507 e. The van der Waals surface area contributed by atoms with Crippen LogP contribution in [0.4, 0.5) is 18.9 Å². The Hall–Kier alpha value is -2.95. The van der Waals surface area contributed by atoms with E-state index in [-0.39, 0.29) is 5.69 Å². The van der Waals surface area contributed by atoms with Crippen molar-refractivity contribution in [2.24, 2.45) is 0 Å². The summed E-state index contributed by atoms with van der Waals surface area (Å²) in [5, 5.41) is 18.3. The SMILES string of the molecule is O=C(O)c1ccc(NS(=O)(=O)c2cccc(OC(F)(F)F)c2)cc1O. The number of benzene rings is 2. The molecule has 3 N–H and O–H groups in total. The third-order valence-electron chi connectivity index (χ3n) is 2.83. The Balaban J connectivity index is 2.29. The first-order valence-electron chi connectivity index (χ1n) is 6.43. The molecule has 2 aromatic carbocycles. The fraction of sp³-hybridized carbons (Fsp3) is 0.0714. The summed E-state index contributed by atoms with van der Waals surface area (Å²) in [4.78, 5) is 10.3. The summed E-state index contributed by atoms with van der Waals surface area (Å²) in [7, 11) is -4.30. The summed E-state index contributed by atoms with van der Waals surface area (Å²) in [5.74, 6) is -2.81. The Kier molecular flexibility index (Phi) is 4.79. The number of carboxylic acid groups (broad SMARTS) is 1. The lowest BCUT2D eigenvalue weighted by molar-refractivity contribution is -0.274. The molecule has 0 spiro atoms. The molecule has 2 rings (SSSR count). The molecule has 7 nitrogen and oxygen atoms in total. The van der Waals surface area contributed by atoms with Crippen LogP contribution in [0.3, 0.4) is 0 Å². The van der Waals surface area contributed by atoms with Crippen LogP contribution in [0.25, 0.3) is 0 Å². The number of rotatable bonds is 5. The highest BCUT2D eigenvalue weighted by molar-refractivity contribution is 7.92. The van der Waals surface area contributed by atoms with Gasteiger partial charge in [0.1, 0.15) is 17.1 Å². The van der Waals surface area contributed by atoms with Crippen LogP contribution in [0, 0.1) is 0 Å². The normalized spacial score (nSPS) is 11.8. The molecule has 2 aromatic rings. The number of sulfonamides is 1. The summed E-state index contributed by atoms with van der Waals surface area (Å²) in [5.41, 5.74) is -0.617. The van der Waals surface area contributed by atoms with Crippen molar-refractivity contribution in [3.63, 3.8) is 0 Å². The first kappa shape index (κ1) is 18.4. The van der Waals surface area contributed by atoms with E-state index in [9.17, 15) is 31.5 Å². The smallest absolute Gasteiger partial charge is 0.507 e. The molecule has 0 fully saturated rings. The molecule has 0 heterocycles. The largest absolute Gasteiger partial charge is 0.573 e. The summed E-state index contributed by atoms with van der Waals surface area (Å²) < 4.78 is 66.7. The first-order valence-corrected chi connectivity index (χ1v) is 7.91. The monoisotopic (exact) mass is 377 g/mol. The second kappa shape index (κ2) is 6.51. The number of alkyl halides is 3. The van der Waals surface area contributed by atoms with Gasteiger partial charge in [0.25, 0.3) is 10.0 Å². The number of aromatic hydroxyl groups is 1. The quantitative estimate of drug-likeness (QED) is 0.739.